The van der Waals surface area contributed by atoms with Crippen LogP contribution in [0.25, 0.3) is 0 Å². The second-order valence-corrected chi connectivity index (χ2v) is 5.85. The molecule has 0 radical (unpaired) electrons. The van der Waals surface area contributed by atoms with Crippen molar-refractivity contribution in [3.8, 4) is 11.5 Å². The molecule has 0 fully saturated rings. The average Bonchev–Trinajstić information content (AvgIpc) is 2.80. The summed E-state index contributed by atoms with van der Waals surface area (Å²) in [6.07, 6.45) is 1.62. The summed E-state index contributed by atoms with van der Waals surface area (Å²) in [5, 5.41) is 2.97. The molecule has 0 spiro atoms. The molecule has 0 aromatic heterocycles. The Morgan fingerprint density at radius 3 is 1.87 bits per heavy atom. The van der Waals surface area contributed by atoms with Crippen LogP contribution in [0.3, 0.4) is 0 Å². The molecule has 0 aliphatic carbocycles. The first-order valence-corrected chi connectivity index (χ1v) is 9.13. The Morgan fingerprint density at radius 1 is 0.833 bits per heavy atom. The van der Waals surface area contributed by atoms with Crippen LogP contribution in [0.4, 0.5) is 0 Å². The number of benzene rings is 2. The molecule has 0 saturated heterocycles. The number of methoxy groups -OCH3 is 4. The van der Waals surface area contributed by atoms with E-state index < -0.39 is 0 Å². The molecule has 8 nitrogen and oxygen atoms in total. The number of nitrogens with zero attached hydrogens (tertiary/aromatic N) is 1. The van der Waals surface area contributed by atoms with Gasteiger partial charge in [-0.3, -0.25) is 14.6 Å². The molecule has 0 atom stereocenters. The topological polar surface area (TPSA) is 95.5 Å². The van der Waals surface area contributed by atoms with Gasteiger partial charge in [-0.25, -0.2) is 0 Å². The van der Waals surface area contributed by atoms with Crippen LogP contribution in [-0.4, -0.2) is 59.7 Å². The minimum Gasteiger partial charge on any atom is -0.497 e. The van der Waals surface area contributed by atoms with E-state index in [4.69, 9.17) is 9.47 Å². The maximum absolute atomic E-state index is 10.8. The molecule has 0 unspecified atom stereocenters. The van der Waals surface area contributed by atoms with Gasteiger partial charge < -0.3 is 24.3 Å². The van der Waals surface area contributed by atoms with Gasteiger partial charge in [-0.05, 0) is 47.5 Å². The molecule has 0 aliphatic heterocycles. The number of nitrogens with one attached hydrogen (secondary N) is 1. The van der Waals surface area contributed by atoms with Crippen LogP contribution in [0, 0.1) is 0 Å². The van der Waals surface area contributed by atoms with Gasteiger partial charge in [0.15, 0.2) is 0 Å². The molecule has 8 heteroatoms. The zero-order valence-electron chi connectivity index (χ0n) is 17.7. The Balaban J connectivity index is 0.000000300. The molecule has 0 saturated carbocycles. The van der Waals surface area contributed by atoms with Gasteiger partial charge in [-0.15, -0.1) is 0 Å². The fourth-order valence-corrected chi connectivity index (χ4v) is 2.10. The first-order chi connectivity index (χ1) is 14.5. The van der Waals surface area contributed by atoms with E-state index in [0.29, 0.717) is 6.54 Å². The summed E-state index contributed by atoms with van der Waals surface area (Å²) < 4.78 is 19.0. The van der Waals surface area contributed by atoms with Crippen molar-refractivity contribution >= 4 is 18.2 Å². The quantitative estimate of drug-likeness (QED) is 0.495. The van der Waals surface area contributed by atoms with Gasteiger partial charge in [0.1, 0.15) is 18.0 Å². The van der Waals surface area contributed by atoms with Gasteiger partial charge in [0, 0.05) is 12.8 Å². The van der Waals surface area contributed by atoms with Gasteiger partial charge in [-0.2, -0.15) is 0 Å². The second-order valence-electron chi connectivity index (χ2n) is 5.85. The van der Waals surface area contributed by atoms with E-state index in [1.807, 2.05) is 48.5 Å². The maximum Gasteiger partial charge on any atom is 0.327 e. The third-order valence-electron chi connectivity index (χ3n) is 3.79. The smallest absolute Gasteiger partial charge is 0.327 e. The van der Waals surface area contributed by atoms with Gasteiger partial charge >= 0.3 is 11.9 Å². The largest absolute Gasteiger partial charge is 0.497 e. The van der Waals surface area contributed by atoms with Gasteiger partial charge in [0.25, 0.3) is 0 Å². The highest BCUT2D eigenvalue weighted by Gasteiger charge is 1.99. The molecule has 0 heterocycles. The van der Waals surface area contributed by atoms with Gasteiger partial charge in [0.05, 0.1) is 35.0 Å². The molecular weight excluding hydrogens is 388 g/mol. The van der Waals surface area contributed by atoms with Crippen LogP contribution in [0.15, 0.2) is 53.5 Å². The van der Waals surface area contributed by atoms with Crippen molar-refractivity contribution in [3.63, 3.8) is 0 Å². The first-order valence-electron chi connectivity index (χ1n) is 9.13. The molecule has 2 aromatic carbocycles. The summed E-state index contributed by atoms with van der Waals surface area (Å²) in [6, 6.07) is 15.1. The van der Waals surface area contributed by atoms with Crippen molar-refractivity contribution in [3.05, 3.63) is 59.7 Å². The highest BCUT2D eigenvalue weighted by atomic mass is 16.5. The third-order valence-corrected chi connectivity index (χ3v) is 3.79. The summed E-state index contributed by atoms with van der Waals surface area (Å²) in [5.74, 6) is 1.01. The molecular formula is C22H28N2O6. The number of ether oxygens (including phenoxy) is 4. The van der Waals surface area contributed by atoms with Gasteiger partial charge in [-0.1, -0.05) is 12.1 Å². The fourth-order valence-electron chi connectivity index (χ4n) is 2.10. The Morgan fingerprint density at radius 2 is 1.37 bits per heavy atom. The standard InChI is InChI=1S/C11H15NO3.C11H13NO3/c2*1-14-10-5-3-9(4-6-10)7-12-8-11(13)15-2/h3-6,12H,7-8H2,1-2H3;3-7H,8H2,1-2H3. The number of carbonyl (C=O) groups excluding carboxylic acids is 2. The normalized spacial score (nSPS) is 10.0. The molecule has 2 aromatic rings. The first kappa shape index (κ1) is 24.6. The fraction of sp³-hybridized carbons (Fsp3) is 0.318. The monoisotopic (exact) mass is 416 g/mol. The van der Waals surface area contributed by atoms with Crippen molar-refractivity contribution in [1.82, 2.24) is 5.32 Å². The van der Waals surface area contributed by atoms with E-state index in [1.54, 1.807) is 20.4 Å². The molecule has 162 valence electrons. The van der Waals surface area contributed by atoms with Crippen LogP contribution in [-0.2, 0) is 25.6 Å². The van der Waals surface area contributed by atoms with E-state index in [1.165, 1.54) is 14.2 Å². The van der Waals surface area contributed by atoms with E-state index >= 15 is 0 Å². The number of carbonyl (C=O) groups is 2. The lowest BCUT2D eigenvalue weighted by molar-refractivity contribution is -0.140. The average molecular weight is 416 g/mol. The Hall–Kier alpha value is -3.39. The predicted octanol–water partition coefficient (Wildman–Crippen LogP) is 2.24. The van der Waals surface area contributed by atoms with Crippen molar-refractivity contribution in [2.24, 2.45) is 4.99 Å². The second kappa shape index (κ2) is 14.6. The van der Waals surface area contributed by atoms with Crippen LogP contribution >= 0.6 is 0 Å². The number of hydrogen-bond donors (Lipinski definition) is 1. The van der Waals surface area contributed by atoms with E-state index in [9.17, 15) is 9.59 Å². The Kier molecular flexibility index (Phi) is 12.0. The van der Waals surface area contributed by atoms with Crippen molar-refractivity contribution in [1.29, 1.82) is 0 Å². The molecule has 0 amide bonds. The highest BCUT2D eigenvalue weighted by molar-refractivity contribution is 5.82. The van der Waals surface area contributed by atoms with E-state index in [0.717, 1.165) is 22.6 Å². The van der Waals surface area contributed by atoms with Crippen molar-refractivity contribution in [2.45, 2.75) is 6.54 Å². The zero-order valence-corrected chi connectivity index (χ0v) is 17.7. The molecule has 30 heavy (non-hydrogen) atoms. The summed E-state index contributed by atoms with van der Waals surface area (Å²) in [4.78, 5) is 25.5. The van der Waals surface area contributed by atoms with Crippen LogP contribution in [0.1, 0.15) is 11.1 Å². The third kappa shape index (κ3) is 10.2. The zero-order chi connectivity index (χ0) is 22.2. The summed E-state index contributed by atoms with van der Waals surface area (Å²) in [6.45, 7) is 0.907. The minimum absolute atomic E-state index is 0.0442. The summed E-state index contributed by atoms with van der Waals surface area (Å²) >= 11 is 0. The minimum atomic E-state index is -0.347. The number of hydrogen-bond acceptors (Lipinski definition) is 8. The number of esters is 2. The van der Waals surface area contributed by atoms with E-state index in [-0.39, 0.29) is 25.0 Å². The maximum atomic E-state index is 10.8. The Bertz CT molecular complexity index is 788. The van der Waals surface area contributed by atoms with Crippen LogP contribution in [0.5, 0.6) is 11.5 Å². The SMILES string of the molecule is COC(=O)CN=Cc1ccc(OC)cc1.COC(=O)CNCc1ccc(OC)cc1. The van der Waals surface area contributed by atoms with Crippen molar-refractivity contribution in [2.75, 3.05) is 41.5 Å². The summed E-state index contributed by atoms with van der Waals surface area (Å²) in [7, 11) is 5.95. The lowest BCUT2D eigenvalue weighted by Crippen LogP contribution is -2.23. The molecule has 2 rings (SSSR count). The van der Waals surface area contributed by atoms with Crippen LogP contribution < -0.4 is 14.8 Å². The van der Waals surface area contributed by atoms with Gasteiger partial charge in [0.2, 0.25) is 0 Å². The summed E-state index contributed by atoms with van der Waals surface area (Å²) in [5.41, 5.74) is 2.01. The lowest BCUT2D eigenvalue weighted by Gasteiger charge is -2.04. The molecule has 0 aliphatic rings. The Labute approximate surface area is 176 Å². The number of rotatable bonds is 9. The predicted molar refractivity (Wildman–Crippen MR) is 114 cm³/mol. The number of aliphatic imine (C=N–C) groups is 1. The van der Waals surface area contributed by atoms with E-state index in [2.05, 4.69) is 19.8 Å². The van der Waals surface area contributed by atoms with Crippen molar-refractivity contribution < 1.29 is 28.5 Å². The molecule has 1 N–H and O–H groups in total. The highest BCUT2D eigenvalue weighted by Crippen LogP contribution is 2.11. The molecule has 0 bridgehead atoms. The van der Waals surface area contributed by atoms with Crippen LogP contribution in [0.2, 0.25) is 0 Å². The lowest BCUT2D eigenvalue weighted by atomic mass is 10.2.